The Morgan fingerprint density at radius 1 is 0.276 bits per heavy atom. The summed E-state index contributed by atoms with van der Waals surface area (Å²) in [5, 5.41) is 8.73. The molecule has 3 heterocycles. The van der Waals surface area contributed by atoms with Crippen LogP contribution in [0.1, 0.15) is 0 Å². The van der Waals surface area contributed by atoms with Gasteiger partial charge in [0.15, 0.2) is 17.5 Å². The zero-order valence-electron chi connectivity index (χ0n) is 31.1. The minimum atomic E-state index is 0.557. The van der Waals surface area contributed by atoms with E-state index in [1.165, 1.54) is 16.5 Å². The van der Waals surface area contributed by atoms with Gasteiger partial charge in [-0.15, -0.1) is 0 Å². The fraction of sp³-hybridized carbons (Fsp3) is 0. The van der Waals surface area contributed by atoms with E-state index in [1.54, 1.807) is 0 Å². The molecule has 0 aliphatic carbocycles. The standard InChI is InChI=1S/C53H31N3O2/c1-3-12-32(13-4-1)34-22-23-36-29-37(25-24-35(36)28-34)51-54-52(56-53(55-51)43-19-11-21-46-50(43)41-18-9-10-20-45(41)57-46)38-26-27-42-47(30-38)58-48-31-44(33-14-5-2-6-15-33)39-16-7-8-17-40(39)49(42)48/h1-31H. The summed E-state index contributed by atoms with van der Waals surface area (Å²) in [5.41, 5.74) is 10.5. The lowest BCUT2D eigenvalue weighted by atomic mass is 9.95. The van der Waals surface area contributed by atoms with E-state index in [1.807, 2.05) is 42.5 Å². The highest BCUT2D eigenvalue weighted by molar-refractivity contribution is 6.22. The van der Waals surface area contributed by atoms with Crippen LogP contribution in [0.3, 0.4) is 0 Å². The van der Waals surface area contributed by atoms with Gasteiger partial charge in [0.25, 0.3) is 0 Å². The van der Waals surface area contributed by atoms with Gasteiger partial charge in [-0.25, -0.2) is 15.0 Å². The number of aromatic nitrogens is 3. The van der Waals surface area contributed by atoms with Gasteiger partial charge in [0.2, 0.25) is 0 Å². The minimum absolute atomic E-state index is 0.557. The van der Waals surface area contributed by atoms with Crippen LogP contribution >= 0.6 is 0 Å². The summed E-state index contributed by atoms with van der Waals surface area (Å²) in [5.74, 6) is 1.71. The molecule has 0 spiro atoms. The van der Waals surface area contributed by atoms with Crippen molar-refractivity contribution in [3.8, 4) is 56.4 Å². The molecule has 9 aromatic carbocycles. The van der Waals surface area contributed by atoms with Crippen molar-refractivity contribution in [3.63, 3.8) is 0 Å². The molecule has 0 atom stereocenters. The molecule has 5 heteroatoms. The fourth-order valence-corrected chi connectivity index (χ4v) is 8.55. The molecule has 5 nitrogen and oxygen atoms in total. The molecular formula is C53H31N3O2. The van der Waals surface area contributed by atoms with Gasteiger partial charge >= 0.3 is 0 Å². The molecule has 0 saturated carbocycles. The highest BCUT2D eigenvalue weighted by Crippen LogP contribution is 2.42. The van der Waals surface area contributed by atoms with Gasteiger partial charge in [-0.2, -0.15) is 0 Å². The Kier molecular flexibility index (Phi) is 7.16. The molecular weight excluding hydrogens is 711 g/mol. The monoisotopic (exact) mass is 741 g/mol. The summed E-state index contributed by atoms with van der Waals surface area (Å²) in [6, 6.07) is 65.2. The number of para-hydroxylation sites is 1. The predicted octanol–water partition coefficient (Wildman–Crippen LogP) is 14.3. The van der Waals surface area contributed by atoms with E-state index in [2.05, 4.69) is 146 Å². The van der Waals surface area contributed by atoms with Gasteiger partial charge in [-0.1, -0.05) is 146 Å². The second-order valence-corrected chi connectivity index (χ2v) is 14.7. The summed E-state index contributed by atoms with van der Waals surface area (Å²) in [7, 11) is 0. The van der Waals surface area contributed by atoms with Crippen molar-refractivity contribution in [1.82, 2.24) is 15.0 Å². The van der Waals surface area contributed by atoms with Crippen molar-refractivity contribution in [2.75, 3.05) is 0 Å². The van der Waals surface area contributed by atoms with Crippen LogP contribution in [0.25, 0.3) is 122 Å². The van der Waals surface area contributed by atoms with E-state index in [0.717, 1.165) is 87.9 Å². The lowest BCUT2D eigenvalue weighted by Gasteiger charge is -2.10. The molecule has 0 unspecified atom stereocenters. The number of hydrogen-bond acceptors (Lipinski definition) is 5. The molecule has 0 fully saturated rings. The molecule has 0 saturated heterocycles. The first-order valence-electron chi connectivity index (χ1n) is 19.4. The minimum Gasteiger partial charge on any atom is -0.456 e. The Morgan fingerprint density at radius 2 is 0.845 bits per heavy atom. The summed E-state index contributed by atoms with van der Waals surface area (Å²) in [4.78, 5) is 15.6. The molecule has 12 aromatic rings. The van der Waals surface area contributed by atoms with Gasteiger partial charge in [0.05, 0.1) is 0 Å². The smallest absolute Gasteiger partial charge is 0.164 e. The highest BCUT2D eigenvalue weighted by atomic mass is 16.3. The maximum atomic E-state index is 6.72. The van der Waals surface area contributed by atoms with Crippen molar-refractivity contribution in [1.29, 1.82) is 0 Å². The average Bonchev–Trinajstić information content (AvgIpc) is 3.87. The van der Waals surface area contributed by atoms with Crippen LogP contribution in [0.15, 0.2) is 197 Å². The Morgan fingerprint density at radius 3 is 1.64 bits per heavy atom. The zero-order chi connectivity index (χ0) is 38.2. The first-order valence-corrected chi connectivity index (χ1v) is 19.4. The van der Waals surface area contributed by atoms with E-state index in [0.29, 0.717) is 17.5 Å². The van der Waals surface area contributed by atoms with Crippen molar-refractivity contribution < 1.29 is 8.83 Å². The van der Waals surface area contributed by atoms with E-state index < -0.39 is 0 Å². The molecule has 270 valence electrons. The fourth-order valence-electron chi connectivity index (χ4n) is 8.55. The maximum Gasteiger partial charge on any atom is 0.164 e. The Labute approximate surface area is 332 Å². The summed E-state index contributed by atoms with van der Waals surface area (Å²) < 4.78 is 13.0. The van der Waals surface area contributed by atoms with Gasteiger partial charge in [0, 0.05) is 38.2 Å². The van der Waals surface area contributed by atoms with E-state index in [-0.39, 0.29) is 0 Å². The molecule has 3 aromatic heterocycles. The molecule has 58 heavy (non-hydrogen) atoms. The average molecular weight is 742 g/mol. The van der Waals surface area contributed by atoms with Gasteiger partial charge < -0.3 is 8.83 Å². The number of rotatable bonds is 5. The second kappa shape index (κ2) is 12.8. The third-order valence-electron chi connectivity index (χ3n) is 11.3. The Bertz CT molecular complexity index is 3570. The van der Waals surface area contributed by atoms with Crippen molar-refractivity contribution in [2.24, 2.45) is 0 Å². The Balaban J connectivity index is 1.05. The zero-order valence-corrected chi connectivity index (χ0v) is 31.1. The van der Waals surface area contributed by atoms with Crippen LogP contribution in [-0.2, 0) is 0 Å². The third kappa shape index (κ3) is 5.21. The predicted molar refractivity (Wildman–Crippen MR) is 237 cm³/mol. The number of benzene rings is 9. The largest absolute Gasteiger partial charge is 0.456 e. The summed E-state index contributed by atoms with van der Waals surface area (Å²) >= 11 is 0. The summed E-state index contributed by atoms with van der Waals surface area (Å²) in [6.07, 6.45) is 0. The number of furan rings is 2. The number of nitrogens with zero attached hydrogens (tertiary/aromatic N) is 3. The van der Waals surface area contributed by atoms with Crippen LogP contribution in [0, 0.1) is 0 Å². The molecule has 0 N–H and O–H groups in total. The highest BCUT2D eigenvalue weighted by Gasteiger charge is 2.20. The second-order valence-electron chi connectivity index (χ2n) is 14.7. The van der Waals surface area contributed by atoms with E-state index in [4.69, 9.17) is 23.8 Å². The van der Waals surface area contributed by atoms with E-state index in [9.17, 15) is 0 Å². The van der Waals surface area contributed by atoms with Gasteiger partial charge in [-0.3, -0.25) is 0 Å². The van der Waals surface area contributed by atoms with Crippen molar-refractivity contribution in [3.05, 3.63) is 188 Å². The number of hydrogen-bond donors (Lipinski definition) is 0. The topological polar surface area (TPSA) is 65.0 Å². The third-order valence-corrected chi connectivity index (χ3v) is 11.3. The van der Waals surface area contributed by atoms with Crippen LogP contribution in [0.4, 0.5) is 0 Å². The van der Waals surface area contributed by atoms with Crippen LogP contribution in [0.5, 0.6) is 0 Å². The molecule has 12 rings (SSSR count). The Hall–Kier alpha value is -7.89. The quantitative estimate of drug-likeness (QED) is 0.176. The summed E-state index contributed by atoms with van der Waals surface area (Å²) in [6.45, 7) is 0. The van der Waals surface area contributed by atoms with Gasteiger partial charge in [-0.05, 0) is 86.3 Å². The molecule has 0 radical (unpaired) electrons. The number of fused-ring (bicyclic) bond motifs is 9. The molecule has 0 aliphatic rings. The lowest BCUT2D eigenvalue weighted by Crippen LogP contribution is -2.00. The first-order chi connectivity index (χ1) is 28.7. The molecule has 0 aliphatic heterocycles. The van der Waals surface area contributed by atoms with Crippen LogP contribution in [0.2, 0.25) is 0 Å². The molecule has 0 bridgehead atoms. The maximum absolute atomic E-state index is 6.72. The van der Waals surface area contributed by atoms with Crippen molar-refractivity contribution in [2.45, 2.75) is 0 Å². The van der Waals surface area contributed by atoms with E-state index >= 15 is 0 Å². The normalized spacial score (nSPS) is 11.8. The van der Waals surface area contributed by atoms with Crippen LogP contribution in [-0.4, -0.2) is 15.0 Å². The SMILES string of the molecule is c1ccc(-c2ccc3cc(-c4nc(-c5ccc6c(c5)oc5cc(-c7ccccc7)c7ccccc7c56)nc(-c5cccc6oc7ccccc7c56)n4)ccc3c2)cc1. The van der Waals surface area contributed by atoms with Gasteiger partial charge in [0.1, 0.15) is 22.3 Å². The van der Waals surface area contributed by atoms with Crippen LogP contribution < -0.4 is 0 Å². The van der Waals surface area contributed by atoms with Crippen molar-refractivity contribution >= 4 is 65.4 Å². The molecule has 0 amide bonds. The lowest BCUT2D eigenvalue weighted by molar-refractivity contribution is 0.669. The first kappa shape index (κ1) is 32.4.